The van der Waals surface area contributed by atoms with E-state index >= 15 is 0 Å². The van der Waals surface area contributed by atoms with Gasteiger partial charge in [-0.3, -0.25) is 15.1 Å². The summed E-state index contributed by atoms with van der Waals surface area (Å²) in [6.45, 7) is 3.73. The van der Waals surface area contributed by atoms with Gasteiger partial charge in [0.05, 0.1) is 15.9 Å². The Hall–Kier alpha value is -2.21. The molecule has 0 aliphatic rings. The van der Waals surface area contributed by atoms with Gasteiger partial charge in [0, 0.05) is 36.1 Å². The Kier molecular flexibility index (Phi) is 3.35. The van der Waals surface area contributed by atoms with E-state index in [2.05, 4.69) is 10.3 Å². The molecule has 0 aliphatic heterocycles. The van der Waals surface area contributed by atoms with Gasteiger partial charge < -0.3 is 10.4 Å². The van der Waals surface area contributed by atoms with Crippen LogP contribution in [0.5, 0.6) is 0 Å². The molecule has 0 saturated carbocycles. The Bertz CT molecular complexity index is 620. The maximum atomic E-state index is 11.0. The van der Waals surface area contributed by atoms with E-state index in [0.717, 1.165) is 5.69 Å². The molecule has 0 atom stereocenters. The van der Waals surface area contributed by atoms with Gasteiger partial charge in [0.15, 0.2) is 0 Å². The molecule has 100 valence electrons. The van der Waals surface area contributed by atoms with Crippen LogP contribution in [-0.4, -0.2) is 27.2 Å². The van der Waals surface area contributed by atoms with Gasteiger partial charge in [-0.05, 0) is 26.0 Å². The molecule has 1 heterocycles. The fourth-order valence-electron chi connectivity index (χ4n) is 1.80. The average molecular weight is 261 g/mol. The molecule has 0 unspecified atom stereocenters. The summed E-state index contributed by atoms with van der Waals surface area (Å²) in [5.74, 6) is 0. The van der Waals surface area contributed by atoms with Crippen LogP contribution in [0.2, 0.25) is 0 Å². The van der Waals surface area contributed by atoms with Crippen molar-refractivity contribution < 1.29 is 10.0 Å². The molecule has 6 nitrogen and oxygen atoms in total. The third-order valence-electron chi connectivity index (χ3n) is 2.70. The van der Waals surface area contributed by atoms with Crippen LogP contribution in [0, 0.1) is 10.1 Å². The number of anilines is 1. The van der Waals surface area contributed by atoms with Gasteiger partial charge >= 0.3 is 0 Å². The summed E-state index contributed by atoms with van der Waals surface area (Å²) >= 11 is 0. The first kappa shape index (κ1) is 13.2. The number of nitro benzene ring substituents is 1. The van der Waals surface area contributed by atoms with Crippen LogP contribution >= 0.6 is 0 Å². The normalized spacial score (nSPS) is 11.5. The number of benzene rings is 1. The molecule has 0 aliphatic carbocycles. The molecule has 2 rings (SSSR count). The molecule has 0 fully saturated rings. The van der Waals surface area contributed by atoms with Gasteiger partial charge in [-0.2, -0.15) is 0 Å². The number of aromatic nitrogens is 1. The number of hydrogen-bond donors (Lipinski definition) is 2. The van der Waals surface area contributed by atoms with Crippen molar-refractivity contribution in [2.75, 3.05) is 11.9 Å². The smallest absolute Gasteiger partial charge is 0.278 e. The van der Waals surface area contributed by atoms with Crippen LogP contribution in [0.25, 0.3) is 10.8 Å². The third kappa shape index (κ3) is 2.97. The number of aliphatic hydroxyl groups is 1. The lowest BCUT2D eigenvalue weighted by Gasteiger charge is -2.19. The first-order valence-electron chi connectivity index (χ1n) is 5.86. The van der Waals surface area contributed by atoms with Crippen molar-refractivity contribution in [3.8, 4) is 0 Å². The minimum atomic E-state index is -0.860. The third-order valence-corrected chi connectivity index (χ3v) is 2.70. The molecule has 0 spiro atoms. The maximum absolute atomic E-state index is 11.0. The Morgan fingerprint density at radius 3 is 2.74 bits per heavy atom. The molecule has 2 aromatic rings. The lowest BCUT2D eigenvalue weighted by atomic mass is 10.1. The fraction of sp³-hybridized carbons (Fsp3) is 0.308. The summed E-state index contributed by atoms with van der Waals surface area (Å²) in [7, 11) is 0. The van der Waals surface area contributed by atoms with Crippen LogP contribution in [0.3, 0.4) is 0 Å². The standard InChI is InChI=1S/C13H15N3O3/c1-13(2,17)8-15-11-3-4-12(16(18)19)10-7-14-6-5-9(10)11/h3-7,15,17H,8H2,1-2H3. The molecule has 19 heavy (non-hydrogen) atoms. The predicted octanol–water partition coefficient (Wildman–Crippen LogP) is 2.33. The molecule has 1 aromatic carbocycles. The second-order valence-corrected chi connectivity index (χ2v) is 4.98. The topological polar surface area (TPSA) is 88.3 Å². The number of nitrogens with one attached hydrogen (secondary N) is 1. The molecule has 2 N–H and O–H groups in total. The summed E-state index contributed by atoms with van der Waals surface area (Å²) in [5.41, 5.74) is -0.0942. The highest BCUT2D eigenvalue weighted by atomic mass is 16.6. The summed E-state index contributed by atoms with van der Waals surface area (Å²) in [6, 6.07) is 4.80. The van der Waals surface area contributed by atoms with E-state index in [1.807, 2.05) is 0 Å². The van der Waals surface area contributed by atoms with Crippen LogP contribution in [-0.2, 0) is 0 Å². The fourth-order valence-corrected chi connectivity index (χ4v) is 1.80. The lowest BCUT2D eigenvalue weighted by Crippen LogP contribution is -2.29. The van der Waals surface area contributed by atoms with E-state index in [1.165, 1.54) is 12.3 Å². The molecular formula is C13H15N3O3. The maximum Gasteiger partial charge on any atom is 0.278 e. The molecule has 6 heteroatoms. The summed E-state index contributed by atoms with van der Waals surface area (Å²) < 4.78 is 0. The molecule has 0 bridgehead atoms. The number of non-ortho nitro benzene ring substituents is 1. The SMILES string of the molecule is CC(C)(O)CNc1ccc([N+](=O)[O-])c2cnccc12. The average Bonchev–Trinajstić information content (AvgIpc) is 2.34. The molecule has 0 amide bonds. The van der Waals surface area contributed by atoms with Crippen molar-refractivity contribution in [3.05, 3.63) is 40.7 Å². The first-order valence-corrected chi connectivity index (χ1v) is 5.86. The van der Waals surface area contributed by atoms with Crippen molar-refractivity contribution >= 4 is 22.1 Å². The van der Waals surface area contributed by atoms with Crippen LogP contribution in [0.15, 0.2) is 30.6 Å². The van der Waals surface area contributed by atoms with Gasteiger partial charge in [-0.1, -0.05) is 0 Å². The number of fused-ring (bicyclic) bond motifs is 1. The van der Waals surface area contributed by atoms with E-state index in [9.17, 15) is 15.2 Å². The molecule has 0 saturated heterocycles. The quantitative estimate of drug-likeness (QED) is 0.651. The van der Waals surface area contributed by atoms with E-state index < -0.39 is 10.5 Å². The molecular weight excluding hydrogens is 246 g/mol. The monoisotopic (exact) mass is 261 g/mol. The Morgan fingerprint density at radius 2 is 2.11 bits per heavy atom. The second kappa shape index (κ2) is 4.81. The highest BCUT2D eigenvalue weighted by Crippen LogP contribution is 2.30. The van der Waals surface area contributed by atoms with Crippen molar-refractivity contribution in [2.24, 2.45) is 0 Å². The number of nitrogens with zero attached hydrogens (tertiary/aromatic N) is 2. The van der Waals surface area contributed by atoms with Gasteiger partial charge in [0.25, 0.3) is 5.69 Å². The van der Waals surface area contributed by atoms with E-state index in [-0.39, 0.29) is 5.69 Å². The summed E-state index contributed by atoms with van der Waals surface area (Å²) in [5, 5.41) is 25.0. The Morgan fingerprint density at radius 1 is 1.37 bits per heavy atom. The number of pyridine rings is 1. The Labute approximate surface area is 110 Å². The van der Waals surface area contributed by atoms with Crippen molar-refractivity contribution in [1.82, 2.24) is 4.98 Å². The van der Waals surface area contributed by atoms with Gasteiger partial charge in [-0.15, -0.1) is 0 Å². The zero-order valence-corrected chi connectivity index (χ0v) is 10.8. The van der Waals surface area contributed by atoms with Crippen LogP contribution < -0.4 is 5.32 Å². The lowest BCUT2D eigenvalue weighted by molar-refractivity contribution is -0.383. The van der Waals surface area contributed by atoms with Crippen molar-refractivity contribution in [1.29, 1.82) is 0 Å². The first-order chi connectivity index (χ1) is 8.88. The minimum absolute atomic E-state index is 0.0249. The largest absolute Gasteiger partial charge is 0.389 e. The molecule has 1 aromatic heterocycles. The van der Waals surface area contributed by atoms with Crippen LogP contribution in [0.4, 0.5) is 11.4 Å². The van der Waals surface area contributed by atoms with E-state index in [0.29, 0.717) is 17.3 Å². The summed E-state index contributed by atoms with van der Waals surface area (Å²) in [6.07, 6.45) is 3.06. The predicted molar refractivity (Wildman–Crippen MR) is 73.2 cm³/mol. The Balaban J connectivity index is 2.47. The zero-order valence-electron chi connectivity index (χ0n) is 10.8. The van der Waals surface area contributed by atoms with Crippen molar-refractivity contribution in [3.63, 3.8) is 0 Å². The zero-order chi connectivity index (χ0) is 14.0. The van der Waals surface area contributed by atoms with Crippen LogP contribution in [0.1, 0.15) is 13.8 Å². The van der Waals surface area contributed by atoms with Gasteiger partial charge in [0.2, 0.25) is 0 Å². The van der Waals surface area contributed by atoms with Gasteiger partial charge in [-0.25, -0.2) is 0 Å². The van der Waals surface area contributed by atoms with Gasteiger partial charge in [0.1, 0.15) is 0 Å². The highest BCUT2D eigenvalue weighted by molar-refractivity contribution is 5.99. The minimum Gasteiger partial charge on any atom is -0.389 e. The summed E-state index contributed by atoms with van der Waals surface area (Å²) in [4.78, 5) is 14.5. The highest BCUT2D eigenvalue weighted by Gasteiger charge is 2.16. The number of nitro groups is 1. The van der Waals surface area contributed by atoms with E-state index in [1.54, 1.807) is 32.2 Å². The number of rotatable bonds is 4. The second-order valence-electron chi connectivity index (χ2n) is 4.98. The number of hydrogen-bond acceptors (Lipinski definition) is 5. The molecule has 0 radical (unpaired) electrons. The van der Waals surface area contributed by atoms with Crippen molar-refractivity contribution in [2.45, 2.75) is 19.4 Å². The van der Waals surface area contributed by atoms with E-state index in [4.69, 9.17) is 0 Å².